The minimum Gasteiger partial charge on any atom is -0.396 e. The van der Waals surface area contributed by atoms with Gasteiger partial charge in [0.1, 0.15) is 0 Å². The Morgan fingerprint density at radius 1 is 1.59 bits per heavy atom. The molecule has 0 radical (unpaired) electrons. The van der Waals surface area contributed by atoms with Crippen molar-refractivity contribution >= 4 is 29.5 Å². The first kappa shape index (κ1) is 14.3. The van der Waals surface area contributed by atoms with Crippen LogP contribution in [0.2, 0.25) is 0 Å². The second-order valence-corrected chi connectivity index (χ2v) is 6.61. The van der Waals surface area contributed by atoms with Crippen LogP contribution in [0.3, 0.4) is 0 Å². The number of aryl methyl sites for hydroxylation is 1. The lowest BCUT2D eigenvalue weighted by Crippen LogP contribution is -2.36. The summed E-state index contributed by atoms with van der Waals surface area (Å²) in [5, 5.41) is 11.9. The number of carbonyl (C=O) groups is 1. The van der Waals surface area contributed by atoms with E-state index in [9.17, 15) is 4.79 Å². The maximum atomic E-state index is 11.7. The van der Waals surface area contributed by atoms with Gasteiger partial charge in [0.25, 0.3) is 0 Å². The number of aromatic nitrogens is 1. The van der Waals surface area contributed by atoms with Gasteiger partial charge < -0.3 is 15.4 Å². The summed E-state index contributed by atoms with van der Waals surface area (Å²) in [4.78, 5) is 15.7. The first-order valence-corrected chi connectivity index (χ1v) is 6.63. The fraction of sp³-hybridized carbons (Fsp3) is 0.636. The van der Waals surface area contributed by atoms with Crippen molar-refractivity contribution in [1.29, 1.82) is 0 Å². The Bertz CT molecular complexity index is 449. The van der Waals surface area contributed by atoms with Crippen LogP contribution in [0, 0.1) is 16.3 Å². The quantitative estimate of drug-likeness (QED) is 0.717. The summed E-state index contributed by atoms with van der Waals surface area (Å²) in [6.07, 6.45) is 0.338. The molecule has 0 aliphatic carbocycles. The zero-order valence-corrected chi connectivity index (χ0v) is 11.9. The Morgan fingerprint density at radius 2 is 2.24 bits per heavy atom. The number of hydrogen-bond acceptors (Lipinski definition) is 4. The van der Waals surface area contributed by atoms with Crippen molar-refractivity contribution in [2.45, 2.75) is 27.2 Å². The number of aliphatic hydroxyl groups is 1. The van der Waals surface area contributed by atoms with E-state index >= 15 is 0 Å². The normalized spacial score (nSPS) is 11.5. The van der Waals surface area contributed by atoms with Gasteiger partial charge in [-0.15, -0.1) is 11.3 Å². The second-order valence-electron chi connectivity index (χ2n) is 4.84. The third-order valence-corrected chi connectivity index (χ3v) is 3.77. The van der Waals surface area contributed by atoms with Crippen LogP contribution in [-0.4, -0.2) is 29.1 Å². The molecule has 0 atom stereocenters. The summed E-state index contributed by atoms with van der Waals surface area (Å²) >= 11 is 6.44. The zero-order valence-electron chi connectivity index (χ0n) is 10.3. The van der Waals surface area contributed by atoms with Crippen molar-refractivity contribution in [2.75, 3.05) is 13.2 Å². The summed E-state index contributed by atoms with van der Waals surface area (Å²) in [6, 6.07) is 0. The highest BCUT2D eigenvalue weighted by Crippen LogP contribution is 2.15. The first-order valence-electron chi connectivity index (χ1n) is 5.40. The van der Waals surface area contributed by atoms with Crippen LogP contribution in [0.15, 0.2) is 0 Å². The first-order chi connectivity index (χ1) is 7.84. The van der Waals surface area contributed by atoms with Gasteiger partial charge in [0.2, 0.25) is 5.91 Å². The SMILES string of the molecule is Cc1[nH]c(=S)sc1CC(=O)NCC(C)(C)CO. The van der Waals surface area contributed by atoms with E-state index in [1.165, 1.54) is 11.3 Å². The van der Waals surface area contributed by atoms with Gasteiger partial charge in [-0.25, -0.2) is 0 Å². The molecule has 4 nitrogen and oxygen atoms in total. The van der Waals surface area contributed by atoms with Gasteiger partial charge in [0.05, 0.1) is 6.42 Å². The van der Waals surface area contributed by atoms with E-state index < -0.39 is 0 Å². The van der Waals surface area contributed by atoms with Crippen LogP contribution in [0.4, 0.5) is 0 Å². The number of hydrogen-bond donors (Lipinski definition) is 3. The molecule has 0 fully saturated rings. The minimum atomic E-state index is -0.282. The Kier molecular flexibility index (Phi) is 4.85. The summed E-state index contributed by atoms with van der Waals surface area (Å²) in [7, 11) is 0. The van der Waals surface area contributed by atoms with Gasteiger partial charge in [-0.1, -0.05) is 13.8 Å². The van der Waals surface area contributed by atoms with Crippen LogP contribution in [0.1, 0.15) is 24.4 Å². The van der Waals surface area contributed by atoms with E-state index in [1.54, 1.807) is 0 Å². The predicted octanol–water partition coefficient (Wildman–Crippen LogP) is 1.79. The molecular formula is C11H18N2O2S2. The number of aromatic amines is 1. The average molecular weight is 274 g/mol. The van der Waals surface area contributed by atoms with Crippen LogP contribution in [-0.2, 0) is 11.2 Å². The Labute approximate surface area is 110 Å². The molecule has 17 heavy (non-hydrogen) atoms. The Balaban J connectivity index is 2.51. The van der Waals surface area contributed by atoms with Gasteiger partial charge in [0.15, 0.2) is 3.95 Å². The fourth-order valence-corrected chi connectivity index (χ4v) is 2.50. The lowest BCUT2D eigenvalue weighted by Gasteiger charge is -2.21. The third-order valence-electron chi connectivity index (χ3n) is 2.44. The standard InChI is InChI=1S/C11H18N2O2S2/c1-7-8(17-10(16)13-7)4-9(15)12-5-11(2,3)6-14/h14H,4-6H2,1-3H3,(H,12,15)(H,13,16). The van der Waals surface area contributed by atoms with Gasteiger partial charge in [-0.05, 0) is 19.1 Å². The van der Waals surface area contributed by atoms with Gasteiger partial charge in [0, 0.05) is 29.1 Å². The molecule has 6 heteroatoms. The molecule has 0 saturated carbocycles. The van der Waals surface area contributed by atoms with Gasteiger partial charge >= 0.3 is 0 Å². The van der Waals surface area contributed by atoms with Gasteiger partial charge in [-0.2, -0.15) is 0 Å². The maximum absolute atomic E-state index is 11.7. The lowest BCUT2D eigenvalue weighted by molar-refractivity contribution is -0.120. The Morgan fingerprint density at radius 3 is 2.71 bits per heavy atom. The molecule has 1 amide bonds. The predicted molar refractivity (Wildman–Crippen MR) is 71.8 cm³/mol. The molecule has 1 heterocycles. The summed E-state index contributed by atoms with van der Waals surface area (Å²) in [6.45, 7) is 6.23. The highest BCUT2D eigenvalue weighted by atomic mass is 32.1. The number of carbonyl (C=O) groups excluding carboxylic acids is 1. The molecule has 0 aliphatic rings. The van der Waals surface area contributed by atoms with Crippen molar-refractivity contribution in [3.63, 3.8) is 0 Å². The number of amides is 1. The molecule has 0 spiro atoms. The van der Waals surface area contributed by atoms with Crippen LogP contribution in [0.5, 0.6) is 0 Å². The summed E-state index contributed by atoms with van der Waals surface area (Å²) in [5.41, 5.74) is 0.673. The number of rotatable bonds is 5. The molecule has 1 aromatic heterocycles. The van der Waals surface area contributed by atoms with E-state index in [0.717, 1.165) is 10.6 Å². The fourth-order valence-electron chi connectivity index (χ4n) is 1.21. The molecule has 0 aromatic carbocycles. The maximum Gasteiger partial charge on any atom is 0.225 e. The minimum absolute atomic E-state index is 0.0418. The average Bonchev–Trinajstić information content (AvgIpc) is 2.55. The molecule has 1 aromatic rings. The molecule has 0 aliphatic heterocycles. The van der Waals surface area contributed by atoms with Crippen molar-refractivity contribution in [2.24, 2.45) is 5.41 Å². The number of aliphatic hydroxyl groups excluding tert-OH is 1. The third kappa shape index (κ3) is 4.57. The van der Waals surface area contributed by atoms with Crippen LogP contribution >= 0.6 is 23.6 Å². The molecule has 3 N–H and O–H groups in total. The number of H-pyrrole nitrogens is 1. The molecule has 0 unspecified atom stereocenters. The van der Waals surface area contributed by atoms with E-state index in [2.05, 4.69) is 10.3 Å². The van der Waals surface area contributed by atoms with Crippen molar-refractivity contribution in [3.05, 3.63) is 14.5 Å². The summed E-state index contributed by atoms with van der Waals surface area (Å²) < 4.78 is 0.695. The number of nitrogens with one attached hydrogen (secondary N) is 2. The largest absolute Gasteiger partial charge is 0.396 e. The second kappa shape index (κ2) is 5.75. The van der Waals surface area contributed by atoms with E-state index in [1.807, 2.05) is 20.8 Å². The smallest absolute Gasteiger partial charge is 0.225 e. The molecular weight excluding hydrogens is 256 g/mol. The highest BCUT2D eigenvalue weighted by molar-refractivity contribution is 7.73. The van der Waals surface area contributed by atoms with Gasteiger partial charge in [-0.3, -0.25) is 4.79 Å². The van der Waals surface area contributed by atoms with Crippen molar-refractivity contribution in [1.82, 2.24) is 10.3 Å². The number of thiazole rings is 1. The van der Waals surface area contributed by atoms with E-state index in [0.29, 0.717) is 16.9 Å². The Hall–Kier alpha value is -0.720. The molecule has 0 saturated heterocycles. The topological polar surface area (TPSA) is 65.1 Å². The molecule has 0 bridgehead atoms. The lowest BCUT2D eigenvalue weighted by atomic mass is 9.95. The molecule has 1 rings (SSSR count). The monoisotopic (exact) mass is 274 g/mol. The highest BCUT2D eigenvalue weighted by Gasteiger charge is 2.18. The molecule has 96 valence electrons. The zero-order chi connectivity index (χ0) is 13.1. The van der Waals surface area contributed by atoms with E-state index in [4.69, 9.17) is 17.3 Å². The summed E-state index contributed by atoms with van der Waals surface area (Å²) in [5.74, 6) is -0.0418. The van der Waals surface area contributed by atoms with Crippen LogP contribution in [0.25, 0.3) is 0 Å². The van der Waals surface area contributed by atoms with Crippen LogP contribution < -0.4 is 5.32 Å². The van der Waals surface area contributed by atoms with Crippen molar-refractivity contribution < 1.29 is 9.90 Å². The van der Waals surface area contributed by atoms with E-state index in [-0.39, 0.29) is 17.9 Å². The van der Waals surface area contributed by atoms with Crippen molar-refractivity contribution in [3.8, 4) is 0 Å².